The first-order valence-electron chi connectivity index (χ1n) is 15.6. The highest BCUT2D eigenvalue weighted by Gasteiger charge is 2.59. The predicted octanol–water partition coefficient (Wildman–Crippen LogP) is -4.66. The maximum absolute atomic E-state index is 13.1. The standard InChI is InChI=1S/C29H38N5O18P/c1-12(36)13-2-4-14(5-3-13)25(43)31-9-19(39)33-20-15(37)8-29(27(44)45,51-24(20)21(40)16(38)10-35)52-53(47,48)49-11-17-22(41)23(42)26(50-17)34-7-6-18(30)32-28(34)46/h2-7,15-17,20-24,26,35,37-38,40-42H,8-11H2,1H3,(H,31,43)(H,33,39)(H,44,45)(H,47,48)(H2,30,32,46)/t15-,16-,17-,20-,21-,22?,23+,24?,26-,29-/m1/s1. The summed E-state index contributed by atoms with van der Waals surface area (Å²) in [4.78, 5) is 75.4. The number of nitrogens with zero attached hydrogens (tertiary/aromatic N) is 2. The van der Waals surface area contributed by atoms with Crippen LogP contribution in [0, 0.1) is 0 Å². The Morgan fingerprint density at radius 1 is 1.11 bits per heavy atom. The summed E-state index contributed by atoms with van der Waals surface area (Å²) < 4.78 is 34.2. The molecule has 23 nitrogen and oxygen atoms in total. The number of nitrogens with two attached hydrogens (primary N) is 1. The van der Waals surface area contributed by atoms with E-state index in [0.717, 1.165) is 10.8 Å². The number of nitrogens with one attached hydrogen (secondary N) is 2. The molecule has 2 amide bonds. The number of hydrogen-bond donors (Lipinski definition) is 11. The number of aliphatic hydroxyl groups excluding tert-OH is 6. The van der Waals surface area contributed by atoms with Gasteiger partial charge >= 0.3 is 19.5 Å². The van der Waals surface area contributed by atoms with Crippen LogP contribution in [0.2, 0.25) is 0 Å². The van der Waals surface area contributed by atoms with Crippen molar-refractivity contribution in [2.45, 2.75) is 74.1 Å². The Morgan fingerprint density at radius 2 is 1.75 bits per heavy atom. The number of nitrogen functional groups attached to an aromatic ring is 1. The van der Waals surface area contributed by atoms with E-state index in [-0.39, 0.29) is 17.2 Å². The number of aromatic nitrogens is 2. The van der Waals surface area contributed by atoms with E-state index in [1.165, 1.54) is 37.3 Å². The number of aliphatic hydroxyl groups is 6. The lowest BCUT2D eigenvalue weighted by Gasteiger charge is -2.46. The minimum Gasteiger partial charge on any atom is -0.477 e. The molecule has 1 aromatic heterocycles. The van der Waals surface area contributed by atoms with Crippen molar-refractivity contribution in [1.29, 1.82) is 0 Å². The van der Waals surface area contributed by atoms with Gasteiger partial charge in [-0.25, -0.2) is 18.7 Å². The molecular formula is C29H38N5O18P. The molecule has 2 aliphatic rings. The van der Waals surface area contributed by atoms with E-state index in [9.17, 15) is 69.2 Å². The molecular weight excluding hydrogens is 737 g/mol. The average molecular weight is 776 g/mol. The number of benzene rings is 1. The molecule has 2 aromatic rings. The number of phosphoric ester groups is 1. The van der Waals surface area contributed by atoms with E-state index in [0.29, 0.717) is 5.56 Å². The van der Waals surface area contributed by atoms with Gasteiger partial charge in [0.05, 0.1) is 31.9 Å². The highest BCUT2D eigenvalue weighted by molar-refractivity contribution is 7.47. The smallest absolute Gasteiger partial charge is 0.475 e. The summed E-state index contributed by atoms with van der Waals surface area (Å²) in [5.41, 5.74) is 4.86. The van der Waals surface area contributed by atoms with Crippen LogP contribution in [0.5, 0.6) is 0 Å². The lowest BCUT2D eigenvalue weighted by atomic mass is 9.88. The third kappa shape index (κ3) is 9.66. The largest absolute Gasteiger partial charge is 0.477 e. The maximum Gasteiger partial charge on any atom is 0.475 e. The molecule has 2 aliphatic heterocycles. The minimum atomic E-state index is -5.64. The maximum atomic E-state index is 13.1. The highest BCUT2D eigenvalue weighted by Crippen LogP contribution is 2.51. The lowest BCUT2D eigenvalue weighted by molar-refractivity contribution is -0.289. The molecule has 4 rings (SSSR count). The van der Waals surface area contributed by atoms with Gasteiger partial charge in [0.1, 0.15) is 42.4 Å². The third-order valence-corrected chi connectivity index (χ3v) is 9.24. The minimum absolute atomic E-state index is 0.0711. The number of ketones is 1. The number of carboxylic acids is 1. The zero-order valence-corrected chi connectivity index (χ0v) is 28.5. The van der Waals surface area contributed by atoms with Crippen LogP contribution in [0.15, 0.2) is 41.3 Å². The van der Waals surface area contributed by atoms with Crippen molar-refractivity contribution >= 4 is 37.2 Å². The van der Waals surface area contributed by atoms with Gasteiger partial charge < -0.3 is 66.5 Å². The number of carbonyl (C=O) groups excluding carboxylic acids is 3. The summed E-state index contributed by atoms with van der Waals surface area (Å²) in [6.07, 6.45) is -15.6. The summed E-state index contributed by atoms with van der Waals surface area (Å²) in [5.74, 6) is -7.70. The second kappa shape index (κ2) is 16.8. The molecule has 0 saturated carbocycles. The van der Waals surface area contributed by atoms with Crippen LogP contribution in [-0.4, -0.2) is 148 Å². The lowest BCUT2D eigenvalue weighted by Crippen LogP contribution is -2.68. The molecule has 24 heteroatoms. The molecule has 0 spiro atoms. The summed E-state index contributed by atoms with van der Waals surface area (Å²) in [7, 11) is -5.64. The molecule has 0 bridgehead atoms. The fraction of sp³-hybridized carbons (Fsp3) is 0.517. The highest BCUT2D eigenvalue weighted by atomic mass is 31.2. The number of carbonyl (C=O) groups is 4. The van der Waals surface area contributed by atoms with Crippen LogP contribution in [0.3, 0.4) is 0 Å². The molecule has 3 heterocycles. The van der Waals surface area contributed by atoms with Crippen molar-refractivity contribution in [3.05, 3.63) is 58.1 Å². The molecule has 12 N–H and O–H groups in total. The van der Waals surface area contributed by atoms with Crippen LogP contribution in [-0.2, 0) is 32.7 Å². The first-order chi connectivity index (χ1) is 24.8. The summed E-state index contributed by atoms with van der Waals surface area (Å²) in [5, 5.41) is 76.7. The Bertz CT molecular complexity index is 1780. The normalized spacial score (nSPS) is 29.4. The first-order valence-corrected chi connectivity index (χ1v) is 17.1. The summed E-state index contributed by atoms with van der Waals surface area (Å²) in [6, 6.07) is 4.80. The molecule has 2 saturated heterocycles. The zero-order chi connectivity index (χ0) is 39.4. The van der Waals surface area contributed by atoms with E-state index in [4.69, 9.17) is 24.3 Å². The molecule has 1 aromatic carbocycles. The molecule has 3 unspecified atom stereocenters. The molecule has 0 radical (unpaired) electrons. The van der Waals surface area contributed by atoms with Crippen molar-refractivity contribution < 1.29 is 82.9 Å². The van der Waals surface area contributed by atoms with Gasteiger partial charge in [0.15, 0.2) is 12.0 Å². The average Bonchev–Trinajstić information content (AvgIpc) is 3.38. The van der Waals surface area contributed by atoms with Gasteiger partial charge in [0.25, 0.3) is 11.7 Å². The molecule has 53 heavy (non-hydrogen) atoms. The van der Waals surface area contributed by atoms with Gasteiger partial charge in [-0.15, -0.1) is 0 Å². The Morgan fingerprint density at radius 3 is 2.34 bits per heavy atom. The van der Waals surface area contributed by atoms with E-state index in [1.807, 2.05) is 0 Å². The van der Waals surface area contributed by atoms with Gasteiger partial charge in [-0.05, 0) is 25.1 Å². The number of aliphatic carboxylic acids is 1. The number of hydrogen-bond acceptors (Lipinski definition) is 18. The van der Waals surface area contributed by atoms with Crippen molar-refractivity contribution in [2.24, 2.45) is 0 Å². The molecule has 2 fully saturated rings. The van der Waals surface area contributed by atoms with Crippen molar-refractivity contribution in [2.75, 3.05) is 25.5 Å². The summed E-state index contributed by atoms with van der Waals surface area (Å²) in [6.45, 7) is -1.65. The van der Waals surface area contributed by atoms with Gasteiger partial charge in [-0.3, -0.25) is 23.5 Å². The number of ether oxygens (including phenoxy) is 2. The quantitative estimate of drug-likeness (QED) is 0.0598. The Kier molecular flexibility index (Phi) is 13.2. The summed E-state index contributed by atoms with van der Waals surface area (Å²) >= 11 is 0. The fourth-order valence-electron chi connectivity index (χ4n) is 5.44. The second-order valence-electron chi connectivity index (χ2n) is 12.0. The monoisotopic (exact) mass is 775 g/mol. The predicted molar refractivity (Wildman–Crippen MR) is 171 cm³/mol. The van der Waals surface area contributed by atoms with Gasteiger partial charge in [-0.2, -0.15) is 4.98 Å². The number of Topliss-reactive ketones (excluding diaryl/α,β-unsaturated/α-hetero) is 1. The number of carboxylic acid groups (broad SMARTS) is 1. The molecule has 292 valence electrons. The number of rotatable bonds is 15. The molecule has 11 atom stereocenters. The van der Waals surface area contributed by atoms with Crippen molar-refractivity contribution in [3.63, 3.8) is 0 Å². The Balaban J connectivity index is 1.46. The van der Waals surface area contributed by atoms with Crippen LogP contribution in [0.1, 0.15) is 40.3 Å². The van der Waals surface area contributed by atoms with Crippen LogP contribution in [0.25, 0.3) is 0 Å². The van der Waals surface area contributed by atoms with E-state index >= 15 is 0 Å². The van der Waals surface area contributed by atoms with E-state index < -0.39 is 118 Å². The van der Waals surface area contributed by atoms with Crippen molar-refractivity contribution in [1.82, 2.24) is 20.2 Å². The van der Waals surface area contributed by atoms with Crippen LogP contribution >= 0.6 is 7.82 Å². The number of amides is 2. The first kappa shape index (κ1) is 41.5. The second-order valence-corrected chi connectivity index (χ2v) is 13.4. The number of phosphoric acid groups is 1. The number of anilines is 1. The van der Waals surface area contributed by atoms with Gasteiger partial charge in [0, 0.05) is 23.7 Å². The zero-order valence-electron chi connectivity index (χ0n) is 27.6. The topological polar surface area (TPSA) is 369 Å². The van der Waals surface area contributed by atoms with Gasteiger partial charge in [-0.1, -0.05) is 12.1 Å². The molecule has 0 aliphatic carbocycles. The van der Waals surface area contributed by atoms with E-state index in [1.54, 1.807) is 0 Å². The van der Waals surface area contributed by atoms with E-state index in [2.05, 4.69) is 15.6 Å². The van der Waals surface area contributed by atoms with Crippen LogP contribution in [0.4, 0.5) is 5.82 Å². The van der Waals surface area contributed by atoms with Gasteiger partial charge in [0.2, 0.25) is 5.91 Å². The fourth-order valence-corrected chi connectivity index (χ4v) is 6.39. The Labute approximate surface area is 298 Å². The third-order valence-electron chi connectivity index (χ3n) is 8.23. The Hall–Kier alpha value is -4.23. The van der Waals surface area contributed by atoms with Crippen LogP contribution < -0.4 is 22.1 Å². The SMILES string of the molecule is CC(=O)c1ccc(C(=O)NCC(=O)N[C@H]2C([C@H](O)[C@H](O)CO)O[C@](OP(=O)(O)OC[C@H]3O[C@@H](n4ccc(N)nc4=O)[C@@H](O)C3O)(C(=O)O)C[C@H]2O)cc1. The van der Waals surface area contributed by atoms with Crippen molar-refractivity contribution in [3.8, 4) is 0 Å².